The molecule has 0 unspecified atom stereocenters. The van der Waals surface area contributed by atoms with Gasteiger partial charge in [-0.15, -0.1) is 0 Å². The second-order valence-corrected chi connectivity index (χ2v) is 6.32. The van der Waals surface area contributed by atoms with Gasteiger partial charge in [0.15, 0.2) is 0 Å². The molecular formula is C21H19F3N4O2. The zero-order valence-electron chi connectivity index (χ0n) is 16.1. The second-order valence-electron chi connectivity index (χ2n) is 6.32. The van der Waals surface area contributed by atoms with Crippen molar-refractivity contribution in [1.29, 1.82) is 0 Å². The topological polar surface area (TPSA) is 77.0 Å². The average molecular weight is 416 g/mol. The molecule has 0 amide bonds. The summed E-state index contributed by atoms with van der Waals surface area (Å²) in [5, 5.41) is 2.78. The Morgan fingerprint density at radius 1 is 1.10 bits per heavy atom. The molecule has 2 heterocycles. The zero-order valence-corrected chi connectivity index (χ0v) is 16.1. The zero-order chi connectivity index (χ0) is 21.6. The molecule has 0 radical (unpaired) electrons. The van der Waals surface area contributed by atoms with Gasteiger partial charge in [-0.2, -0.15) is 13.2 Å². The van der Waals surface area contributed by atoms with Crippen LogP contribution in [0.4, 0.5) is 24.8 Å². The highest BCUT2D eigenvalue weighted by molar-refractivity contribution is 5.70. The molecule has 0 spiro atoms. The van der Waals surface area contributed by atoms with Crippen molar-refractivity contribution in [3.8, 4) is 11.3 Å². The molecule has 0 aliphatic rings. The van der Waals surface area contributed by atoms with E-state index in [0.29, 0.717) is 24.4 Å². The number of carbonyl (C=O) groups is 1. The van der Waals surface area contributed by atoms with E-state index >= 15 is 0 Å². The van der Waals surface area contributed by atoms with Crippen LogP contribution in [-0.4, -0.2) is 27.5 Å². The Kier molecular flexibility index (Phi) is 6.61. The van der Waals surface area contributed by atoms with Gasteiger partial charge in [-0.3, -0.25) is 9.78 Å². The number of nitrogens with zero attached hydrogens (tertiary/aromatic N) is 3. The maximum atomic E-state index is 12.8. The third-order valence-electron chi connectivity index (χ3n) is 4.11. The van der Waals surface area contributed by atoms with Crippen LogP contribution < -0.4 is 5.32 Å². The van der Waals surface area contributed by atoms with Gasteiger partial charge >= 0.3 is 12.1 Å². The lowest BCUT2D eigenvalue weighted by Gasteiger charge is -2.10. The van der Waals surface area contributed by atoms with E-state index in [1.54, 1.807) is 31.3 Å². The Labute approximate surface area is 171 Å². The summed E-state index contributed by atoms with van der Waals surface area (Å²) in [4.78, 5) is 23.2. The Bertz CT molecular complexity index is 1020. The van der Waals surface area contributed by atoms with Crippen LogP contribution in [-0.2, 0) is 22.1 Å². The van der Waals surface area contributed by atoms with Crippen molar-refractivity contribution in [2.45, 2.75) is 25.9 Å². The lowest BCUT2D eigenvalue weighted by atomic mass is 10.1. The fraction of sp³-hybridized carbons (Fsp3) is 0.238. The predicted molar refractivity (Wildman–Crippen MR) is 105 cm³/mol. The number of aryl methyl sites for hydroxylation is 1. The molecule has 3 aromatic rings. The molecule has 3 rings (SSSR count). The minimum Gasteiger partial charge on any atom is -0.466 e. The number of benzene rings is 1. The number of halogens is 3. The first-order chi connectivity index (χ1) is 14.3. The van der Waals surface area contributed by atoms with Gasteiger partial charge in [0, 0.05) is 30.1 Å². The van der Waals surface area contributed by atoms with Crippen LogP contribution in [0.2, 0.25) is 0 Å². The van der Waals surface area contributed by atoms with Crippen molar-refractivity contribution >= 4 is 17.6 Å². The fourth-order valence-corrected chi connectivity index (χ4v) is 2.73. The van der Waals surface area contributed by atoms with Gasteiger partial charge in [-0.05, 0) is 49.2 Å². The summed E-state index contributed by atoms with van der Waals surface area (Å²) in [7, 11) is 0. The van der Waals surface area contributed by atoms with E-state index in [1.807, 2.05) is 18.2 Å². The highest BCUT2D eigenvalue weighted by Crippen LogP contribution is 2.28. The molecule has 0 saturated carbocycles. The summed E-state index contributed by atoms with van der Waals surface area (Å²) in [5.41, 5.74) is 1.85. The Morgan fingerprint density at radius 3 is 2.67 bits per heavy atom. The number of esters is 1. The van der Waals surface area contributed by atoms with Crippen LogP contribution in [0.3, 0.4) is 0 Å². The summed E-state index contributed by atoms with van der Waals surface area (Å²) < 4.78 is 43.4. The van der Waals surface area contributed by atoms with Crippen LogP contribution in [0.15, 0.2) is 54.9 Å². The summed E-state index contributed by atoms with van der Waals surface area (Å²) in [6.07, 6.45) is -1.06. The molecular weight excluding hydrogens is 397 g/mol. The van der Waals surface area contributed by atoms with Crippen LogP contribution >= 0.6 is 0 Å². The Hall–Kier alpha value is -3.49. The standard InChI is InChI=1S/C21H19F3N4O2/c1-2-30-19(29)7-6-14-8-10-25-17(12-14)15-4-3-5-16(13-15)27-20-26-11-9-18(28-20)21(22,23)24/h3-5,8-13H,2,6-7H2,1H3,(H,26,27,28). The van der Waals surface area contributed by atoms with Gasteiger partial charge in [0.25, 0.3) is 0 Å². The minimum absolute atomic E-state index is 0.155. The van der Waals surface area contributed by atoms with Crippen molar-refractivity contribution in [2.24, 2.45) is 0 Å². The van der Waals surface area contributed by atoms with E-state index in [4.69, 9.17) is 4.74 Å². The summed E-state index contributed by atoms with van der Waals surface area (Å²) in [5.74, 6) is -0.415. The maximum absolute atomic E-state index is 12.8. The predicted octanol–water partition coefficient (Wildman–Crippen LogP) is 4.80. The van der Waals surface area contributed by atoms with E-state index in [9.17, 15) is 18.0 Å². The number of carbonyl (C=O) groups excluding carboxylic acids is 1. The molecule has 30 heavy (non-hydrogen) atoms. The lowest BCUT2D eigenvalue weighted by molar-refractivity contribution is -0.143. The number of ether oxygens (including phenoxy) is 1. The Morgan fingerprint density at radius 2 is 1.90 bits per heavy atom. The summed E-state index contributed by atoms with van der Waals surface area (Å²) in [6.45, 7) is 2.10. The van der Waals surface area contributed by atoms with Gasteiger partial charge < -0.3 is 10.1 Å². The molecule has 1 N–H and O–H groups in total. The van der Waals surface area contributed by atoms with Crippen LogP contribution in [0, 0.1) is 0 Å². The molecule has 0 fully saturated rings. The minimum atomic E-state index is -4.55. The van der Waals surface area contributed by atoms with Crippen molar-refractivity contribution in [3.63, 3.8) is 0 Å². The van der Waals surface area contributed by atoms with E-state index in [1.165, 1.54) is 0 Å². The second kappa shape index (κ2) is 9.34. The average Bonchev–Trinajstić information content (AvgIpc) is 2.72. The molecule has 0 aliphatic carbocycles. The van der Waals surface area contributed by atoms with Gasteiger partial charge in [-0.25, -0.2) is 9.97 Å². The summed E-state index contributed by atoms with van der Waals surface area (Å²) in [6, 6.07) is 11.5. The smallest absolute Gasteiger partial charge is 0.433 e. The number of rotatable bonds is 7. The maximum Gasteiger partial charge on any atom is 0.433 e. The van der Waals surface area contributed by atoms with Gasteiger partial charge in [0.05, 0.1) is 12.3 Å². The number of hydrogen-bond donors (Lipinski definition) is 1. The number of anilines is 2. The largest absolute Gasteiger partial charge is 0.466 e. The third kappa shape index (κ3) is 5.76. The lowest BCUT2D eigenvalue weighted by Crippen LogP contribution is -2.10. The fourth-order valence-electron chi connectivity index (χ4n) is 2.73. The van der Waals surface area contributed by atoms with Gasteiger partial charge in [0.2, 0.25) is 5.95 Å². The highest BCUT2D eigenvalue weighted by Gasteiger charge is 2.32. The number of pyridine rings is 1. The van der Waals surface area contributed by atoms with Gasteiger partial charge in [-0.1, -0.05) is 12.1 Å². The molecule has 0 saturated heterocycles. The van der Waals surface area contributed by atoms with E-state index in [-0.39, 0.29) is 18.3 Å². The Balaban J connectivity index is 1.76. The first-order valence-corrected chi connectivity index (χ1v) is 9.23. The molecule has 0 bridgehead atoms. The number of nitrogens with one attached hydrogen (secondary N) is 1. The normalized spacial score (nSPS) is 11.2. The van der Waals surface area contributed by atoms with E-state index in [2.05, 4.69) is 20.3 Å². The molecule has 6 nitrogen and oxygen atoms in total. The molecule has 1 aromatic carbocycles. The SMILES string of the molecule is CCOC(=O)CCc1ccnc(-c2cccc(Nc3nccc(C(F)(F)F)n3)c2)c1. The van der Waals surface area contributed by atoms with E-state index < -0.39 is 11.9 Å². The highest BCUT2D eigenvalue weighted by atomic mass is 19.4. The molecule has 156 valence electrons. The van der Waals surface area contributed by atoms with Crippen LogP contribution in [0.1, 0.15) is 24.6 Å². The quantitative estimate of drug-likeness (QED) is 0.558. The number of hydrogen-bond acceptors (Lipinski definition) is 6. The monoisotopic (exact) mass is 416 g/mol. The molecule has 0 atom stereocenters. The van der Waals surface area contributed by atoms with Crippen molar-refractivity contribution < 1.29 is 22.7 Å². The van der Waals surface area contributed by atoms with Gasteiger partial charge in [0.1, 0.15) is 5.69 Å². The summed E-state index contributed by atoms with van der Waals surface area (Å²) >= 11 is 0. The van der Waals surface area contributed by atoms with Crippen LogP contribution in [0.25, 0.3) is 11.3 Å². The number of aromatic nitrogens is 3. The van der Waals surface area contributed by atoms with Crippen molar-refractivity contribution in [2.75, 3.05) is 11.9 Å². The molecule has 0 aliphatic heterocycles. The number of alkyl halides is 3. The molecule has 2 aromatic heterocycles. The van der Waals surface area contributed by atoms with Crippen molar-refractivity contribution in [1.82, 2.24) is 15.0 Å². The van der Waals surface area contributed by atoms with Crippen LogP contribution in [0.5, 0.6) is 0 Å². The molecule has 9 heteroatoms. The first-order valence-electron chi connectivity index (χ1n) is 9.23. The van der Waals surface area contributed by atoms with Crippen molar-refractivity contribution in [3.05, 3.63) is 66.1 Å². The third-order valence-corrected chi connectivity index (χ3v) is 4.11. The first kappa shape index (κ1) is 21.2. The van der Waals surface area contributed by atoms with E-state index in [0.717, 1.165) is 23.4 Å².